The number of rotatable bonds is 5. The normalized spacial score (nSPS) is 10.3. The maximum absolute atomic E-state index is 5.92. The minimum absolute atomic E-state index is 0.711. The van der Waals surface area contributed by atoms with Gasteiger partial charge in [-0.15, -0.1) is 0 Å². The van der Waals surface area contributed by atoms with Crippen molar-refractivity contribution in [3.05, 3.63) is 72.6 Å². The quantitative estimate of drug-likeness (QED) is 0.771. The van der Waals surface area contributed by atoms with Gasteiger partial charge in [-0.1, -0.05) is 30.3 Å². The lowest BCUT2D eigenvalue weighted by Crippen LogP contribution is -2.00. The predicted molar refractivity (Wildman–Crippen MR) is 83.5 cm³/mol. The van der Waals surface area contributed by atoms with Crippen molar-refractivity contribution in [3.63, 3.8) is 0 Å². The largest absolute Gasteiger partial charge is 0.455 e. The Morgan fingerprint density at radius 3 is 2.57 bits per heavy atom. The summed E-state index contributed by atoms with van der Waals surface area (Å²) in [5, 5.41) is 7.55. The maximum Gasteiger partial charge on any atom is 0.150 e. The predicted octanol–water partition coefficient (Wildman–Crippen LogP) is 3.82. The number of para-hydroxylation sites is 3. The van der Waals surface area contributed by atoms with Crippen LogP contribution in [0.3, 0.4) is 0 Å². The fraction of sp³-hybridized carbons (Fsp3) is 0.118. The van der Waals surface area contributed by atoms with Gasteiger partial charge in [0.1, 0.15) is 5.75 Å². The van der Waals surface area contributed by atoms with Crippen molar-refractivity contribution in [1.29, 1.82) is 0 Å². The Morgan fingerprint density at radius 1 is 1.05 bits per heavy atom. The van der Waals surface area contributed by atoms with Crippen LogP contribution in [0.4, 0.5) is 5.69 Å². The second-order valence-corrected chi connectivity index (χ2v) is 4.79. The van der Waals surface area contributed by atoms with Crippen molar-refractivity contribution >= 4 is 5.69 Å². The average molecular weight is 279 g/mol. The summed E-state index contributed by atoms with van der Waals surface area (Å²) in [4.78, 5) is 0. The average Bonchev–Trinajstić information content (AvgIpc) is 2.93. The van der Waals surface area contributed by atoms with E-state index in [1.165, 1.54) is 0 Å². The third-order valence-corrected chi connectivity index (χ3v) is 3.10. The molecule has 0 saturated heterocycles. The molecule has 0 bridgehead atoms. The van der Waals surface area contributed by atoms with Crippen LogP contribution in [0.5, 0.6) is 11.5 Å². The zero-order chi connectivity index (χ0) is 14.5. The fourth-order valence-corrected chi connectivity index (χ4v) is 2.08. The first-order valence-corrected chi connectivity index (χ1v) is 6.84. The Balaban J connectivity index is 1.73. The van der Waals surface area contributed by atoms with Crippen molar-refractivity contribution in [2.45, 2.75) is 6.54 Å². The molecule has 0 aliphatic carbocycles. The van der Waals surface area contributed by atoms with Gasteiger partial charge in [0.2, 0.25) is 0 Å². The van der Waals surface area contributed by atoms with Crippen LogP contribution >= 0.6 is 0 Å². The fourth-order valence-electron chi connectivity index (χ4n) is 2.08. The van der Waals surface area contributed by atoms with Crippen molar-refractivity contribution in [2.75, 3.05) is 5.32 Å². The van der Waals surface area contributed by atoms with E-state index in [0.29, 0.717) is 6.54 Å². The molecule has 3 aromatic rings. The summed E-state index contributed by atoms with van der Waals surface area (Å²) in [7, 11) is 1.91. The third kappa shape index (κ3) is 3.42. The molecule has 0 radical (unpaired) electrons. The molecule has 0 saturated carbocycles. The zero-order valence-electron chi connectivity index (χ0n) is 11.9. The molecule has 1 N–H and O–H groups in total. The molecule has 0 fully saturated rings. The third-order valence-electron chi connectivity index (χ3n) is 3.10. The standard InChI is InChI=1S/C17H17N3O/c1-20-13-14(12-19-20)11-18-16-9-5-6-10-17(16)21-15-7-3-2-4-8-15/h2-10,12-13,18H,11H2,1H3. The smallest absolute Gasteiger partial charge is 0.150 e. The van der Waals surface area contributed by atoms with Crippen LogP contribution in [0.15, 0.2) is 67.0 Å². The molecular weight excluding hydrogens is 262 g/mol. The number of aromatic nitrogens is 2. The highest BCUT2D eigenvalue weighted by Crippen LogP contribution is 2.29. The van der Waals surface area contributed by atoms with Gasteiger partial charge in [0, 0.05) is 25.4 Å². The lowest BCUT2D eigenvalue weighted by Gasteiger charge is -2.12. The molecule has 3 rings (SSSR count). The minimum atomic E-state index is 0.711. The zero-order valence-corrected chi connectivity index (χ0v) is 11.9. The van der Waals surface area contributed by atoms with Gasteiger partial charge in [-0.2, -0.15) is 5.10 Å². The lowest BCUT2D eigenvalue weighted by molar-refractivity contribution is 0.484. The molecule has 4 nitrogen and oxygen atoms in total. The Labute approximate surface area is 124 Å². The Bertz CT molecular complexity index is 707. The molecule has 4 heteroatoms. The molecule has 1 aromatic heterocycles. The van der Waals surface area contributed by atoms with Gasteiger partial charge in [0.25, 0.3) is 0 Å². The summed E-state index contributed by atoms with van der Waals surface area (Å²) in [6.45, 7) is 0.711. The first-order chi connectivity index (χ1) is 10.3. The van der Waals surface area contributed by atoms with Gasteiger partial charge in [0.05, 0.1) is 11.9 Å². The Morgan fingerprint density at radius 2 is 1.81 bits per heavy atom. The molecule has 106 valence electrons. The number of aryl methyl sites for hydroxylation is 1. The van der Waals surface area contributed by atoms with E-state index < -0.39 is 0 Å². The second kappa shape index (κ2) is 6.13. The van der Waals surface area contributed by atoms with E-state index in [9.17, 15) is 0 Å². The van der Waals surface area contributed by atoms with E-state index in [1.54, 1.807) is 4.68 Å². The molecule has 0 atom stereocenters. The van der Waals surface area contributed by atoms with E-state index in [2.05, 4.69) is 10.4 Å². The molecule has 0 unspecified atom stereocenters. The van der Waals surface area contributed by atoms with E-state index >= 15 is 0 Å². The molecule has 0 spiro atoms. The summed E-state index contributed by atoms with van der Waals surface area (Å²) in [6, 6.07) is 17.7. The van der Waals surface area contributed by atoms with Gasteiger partial charge >= 0.3 is 0 Å². The highest BCUT2D eigenvalue weighted by Gasteiger charge is 2.04. The highest BCUT2D eigenvalue weighted by molar-refractivity contribution is 5.57. The first kappa shape index (κ1) is 13.2. The van der Waals surface area contributed by atoms with Crippen molar-refractivity contribution < 1.29 is 4.74 Å². The second-order valence-electron chi connectivity index (χ2n) is 4.79. The summed E-state index contributed by atoms with van der Waals surface area (Å²) in [5.41, 5.74) is 2.09. The lowest BCUT2D eigenvalue weighted by atomic mass is 10.2. The number of hydrogen-bond acceptors (Lipinski definition) is 3. The summed E-state index contributed by atoms with van der Waals surface area (Å²) < 4.78 is 7.71. The van der Waals surface area contributed by atoms with Crippen molar-refractivity contribution in [1.82, 2.24) is 9.78 Å². The summed E-state index contributed by atoms with van der Waals surface area (Å²) in [5.74, 6) is 1.64. The molecule has 0 amide bonds. The number of ether oxygens (including phenoxy) is 1. The van der Waals surface area contributed by atoms with E-state index in [0.717, 1.165) is 22.7 Å². The molecule has 0 aliphatic rings. The van der Waals surface area contributed by atoms with E-state index in [-0.39, 0.29) is 0 Å². The number of hydrogen-bond donors (Lipinski definition) is 1. The van der Waals surface area contributed by atoms with Crippen LogP contribution in [0.2, 0.25) is 0 Å². The van der Waals surface area contributed by atoms with Crippen LogP contribution in [-0.4, -0.2) is 9.78 Å². The first-order valence-electron chi connectivity index (χ1n) is 6.84. The maximum atomic E-state index is 5.92. The molecule has 21 heavy (non-hydrogen) atoms. The summed E-state index contributed by atoms with van der Waals surface area (Å²) in [6.07, 6.45) is 3.85. The van der Waals surface area contributed by atoms with Crippen LogP contribution in [0, 0.1) is 0 Å². The monoisotopic (exact) mass is 279 g/mol. The Kier molecular flexibility index (Phi) is 3.87. The summed E-state index contributed by atoms with van der Waals surface area (Å²) >= 11 is 0. The molecule has 2 aromatic carbocycles. The topological polar surface area (TPSA) is 39.1 Å². The molecule has 0 aliphatic heterocycles. The van der Waals surface area contributed by atoms with Crippen LogP contribution in [0.1, 0.15) is 5.56 Å². The number of nitrogens with zero attached hydrogens (tertiary/aromatic N) is 2. The van der Waals surface area contributed by atoms with Crippen molar-refractivity contribution in [2.24, 2.45) is 7.05 Å². The van der Waals surface area contributed by atoms with Crippen LogP contribution < -0.4 is 10.1 Å². The van der Waals surface area contributed by atoms with Crippen LogP contribution in [-0.2, 0) is 13.6 Å². The number of nitrogens with one attached hydrogen (secondary N) is 1. The van der Waals surface area contributed by atoms with Gasteiger partial charge in [-0.25, -0.2) is 0 Å². The number of anilines is 1. The van der Waals surface area contributed by atoms with Gasteiger partial charge in [0.15, 0.2) is 5.75 Å². The minimum Gasteiger partial charge on any atom is -0.455 e. The van der Waals surface area contributed by atoms with Gasteiger partial charge < -0.3 is 10.1 Å². The molecular formula is C17H17N3O. The van der Waals surface area contributed by atoms with Gasteiger partial charge in [-0.3, -0.25) is 4.68 Å². The van der Waals surface area contributed by atoms with Crippen molar-refractivity contribution in [3.8, 4) is 11.5 Å². The van der Waals surface area contributed by atoms with E-state index in [1.807, 2.05) is 74.0 Å². The van der Waals surface area contributed by atoms with E-state index in [4.69, 9.17) is 4.74 Å². The highest BCUT2D eigenvalue weighted by atomic mass is 16.5. The molecule has 1 heterocycles. The number of benzene rings is 2. The van der Waals surface area contributed by atoms with Crippen LogP contribution in [0.25, 0.3) is 0 Å². The SMILES string of the molecule is Cn1cc(CNc2ccccc2Oc2ccccc2)cn1. The van der Waals surface area contributed by atoms with Gasteiger partial charge in [-0.05, 0) is 24.3 Å². The Hall–Kier alpha value is -2.75.